The van der Waals surface area contributed by atoms with Crippen molar-refractivity contribution in [3.05, 3.63) is 72.8 Å². The number of amides is 1. The second kappa shape index (κ2) is 9.93. The molecule has 1 N–H and O–H groups in total. The number of allylic oxidation sites excluding steroid dienone is 1. The third-order valence-electron chi connectivity index (χ3n) is 4.39. The van der Waals surface area contributed by atoms with Crippen LogP contribution in [0.2, 0.25) is 0 Å². The summed E-state index contributed by atoms with van der Waals surface area (Å²) in [6, 6.07) is 17.5. The lowest BCUT2D eigenvalue weighted by Crippen LogP contribution is -2.28. The Bertz CT molecular complexity index is 972. The number of nitrogens with one attached hydrogen (secondary N) is 1. The predicted molar refractivity (Wildman–Crippen MR) is 116 cm³/mol. The van der Waals surface area contributed by atoms with Gasteiger partial charge in [-0.3, -0.25) is 9.36 Å². The van der Waals surface area contributed by atoms with Gasteiger partial charge in [0.15, 0.2) is 11.0 Å². The van der Waals surface area contributed by atoms with Crippen LogP contribution in [-0.4, -0.2) is 33.5 Å². The molecule has 1 unspecified atom stereocenters. The monoisotopic (exact) mass is 408 g/mol. The largest absolute Gasteiger partial charge is 0.496 e. The first-order chi connectivity index (χ1) is 14.1. The number of carbonyl (C=O) groups excluding carboxylic acids is 1. The van der Waals surface area contributed by atoms with Crippen molar-refractivity contribution >= 4 is 17.7 Å². The minimum atomic E-state index is -0.0571. The maximum absolute atomic E-state index is 12.4. The van der Waals surface area contributed by atoms with Gasteiger partial charge in [0.2, 0.25) is 5.91 Å². The molecule has 1 amide bonds. The van der Waals surface area contributed by atoms with Crippen LogP contribution in [0.15, 0.2) is 72.4 Å². The van der Waals surface area contributed by atoms with E-state index >= 15 is 0 Å². The van der Waals surface area contributed by atoms with Gasteiger partial charge in [-0.05, 0) is 24.6 Å². The predicted octanol–water partition coefficient (Wildman–Crippen LogP) is 4.11. The van der Waals surface area contributed by atoms with Crippen molar-refractivity contribution in [3.63, 3.8) is 0 Å². The molecular weight excluding hydrogens is 384 g/mol. The average molecular weight is 409 g/mol. The summed E-state index contributed by atoms with van der Waals surface area (Å²) in [7, 11) is 1.63. The van der Waals surface area contributed by atoms with E-state index < -0.39 is 0 Å². The van der Waals surface area contributed by atoms with E-state index in [1.165, 1.54) is 11.8 Å². The quantitative estimate of drug-likeness (QED) is 0.426. The highest BCUT2D eigenvalue weighted by atomic mass is 32.2. The van der Waals surface area contributed by atoms with Crippen molar-refractivity contribution in [2.75, 3.05) is 12.9 Å². The molecule has 0 aliphatic rings. The maximum atomic E-state index is 12.4. The van der Waals surface area contributed by atoms with Crippen LogP contribution in [0.5, 0.6) is 5.75 Å². The van der Waals surface area contributed by atoms with Gasteiger partial charge in [-0.25, -0.2) is 0 Å². The van der Waals surface area contributed by atoms with Crippen molar-refractivity contribution < 1.29 is 9.53 Å². The van der Waals surface area contributed by atoms with Crippen molar-refractivity contribution in [1.82, 2.24) is 20.1 Å². The first kappa shape index (κ1) is 20.7. The van der Waals surface area contributed by atoms with Gasteiger partial charge in [0, 0.05) is 6.54 Å². The number of nitrogens with zero attached hydrogens (tertiary/aromatic N) is 3. The Labute approximate surface area is 175 Å². The molecule has 1 heterocycles. The molecule has 0 aliphatic carbocycles. The van der Waals surface area contributed by atoms with Crippen LogP contribution in [0.3, 0.4) is 0 Å². The topological polar surface area (TPSA) is 69.0 Å². The third kappa shape index (κ3) is 5.06. The third-order valence-corrected chi connectivity index (χ3v) is 5.35. The van der Waals surface area contributed by atoms with Gasteiger partial charge in [-0.1, -0.05) is 60.3 Å². The molecule has 0 fully saturated rings. The highest BCUT2D eigenvalue weighted by molar-refractivity contribution is 7.99. The molecule has 2 aromatic carbocycles. The van der Waals surface area contributed by atoms with Crippen molar-refractivity contribution in [1.29, 1.82) is 0 Å². The second-order valence-corrected chi connectivity index (χ2v) is 7.34. The number of hydrogen-bond donors (Lipinski definition) is 1. The van der Waals surface area contributed by atoms with Crippen LogP contribution in [0.4, 0.5) is 0 Å². The van der Waals surface area contributed by atoms with Crippen molar-refractivity contribution in [3.8, 4) is 17.1 Å². The highest BCUT2D eigenvalue weighted by Gasteiger charge is 2.18. The summed E-state index contributed by atoms with van der Waals surface area (Å²) in [5, 5.41) is 12.3. The molecule has 0 saturated heterocycles. The molecule has 7 heteroatoms. The lowest BCUT2D eigenvalue weighted by Gasteiger charge is -2.14. The van der Waals surface area contributed by atoms with E-state index in [0.29, 0.717) is 17.5 Å². The smallest absolute Gasteiger partial charge is 0.230 e. The van der Waals surface area contributed by atoms with Gasteiger partial charge in [0.25, 0.3) is 0 Å². The first-order valence-corrected chi connectivity index (χ1v) is 10.3. The van der Waals surface area contributed by atoms with Gasteiger partial charge in [0.1, 0.15) is 5.75 Å². The summed E-state index contributed by atoms with van der Waals surface area (Å²) >= 11 is 1.35. The maximum Gasteiger partial charge on any atom is 0.230 e. The summed E-state index contributed by atoms with van der Waals surface area (Å²) in [5.41, 5.74) is 1.91. The molecule has 6 nitrogen and oxygen atoms in total. The van der Waals surface area contributed by atoms with E-state index in [2.05, 4.69) is 22.1 Å². The summed E-state index contributed by atoms with van der Waals surface area (Å²) < 4.78 is 7.38. The van der Waals surface area contributed by atoms with Crippen molar-refractivity contribution in [2.24, 2.45) is 0 Å². The van der Waals surface area contributed by atoms with E-state index in [-0.39, 0.29) is 17.7 Å². The molecule has 0 radical (unpaired) electrons. The van der Waals surface area contributed by atoms with E-state index in [0.717, 1.165) is 16.9 Å². The summed E-state index contributed by atoms with van der Waals surface area (Å²) in [4.78, 5) is 12.4. The number of ether oxygens (including phenoxy) is 1. The fraction of sp³-hybridized carbons (Fsp3) is 0.227. The Morgan fingerprint density at radius 1 is 1.21 bits per heavy atom. The second-order valence-electron chi connectivity index (χ2n) is 6.39. The standard InChI is InChI=1S/C22H24N4O2S/c1-4-14-26-21(18-12-8-9-13-19(18)28-3)24-25-22(26)29-15-20(27)23-16(2)17-10-6-5-7-11-17/h4-13,16H,1,14-15H2,2-3H3,(H,23,27). The van der Waals surface area contributed by atoms with Gasteiger partial charge >= 0.3 is 0 Å². The zero-order valence-corrected chi connectivity index (χ0v) is 17.4. The normalized spacial score (nSPS) is 11.7. The Hall–Kier alpha value is -3.06. The molecule has 1 atom stereocenters. The zero-order valence-electron chi connectivity index (χ0n) is 16.5. The first-order valence-electron chi connectivity index (χ1n) is 9.28. The van der Waals surface area contributed by atoms with Crippen LogP contribution in [-0.2, 0) is 11.3 Å². The fourth-order valence-electron chi connectivity index (χ4n) is 2.96. The molecule has 29 heavy (non-hydrogen) atoms. The Morgan fingerprint density at radius 3 is 2.66 bits per heavy atom. The molecule has 3 rings (SSSR count). The summed E-state index contributed by atoms with van der Waals surface area (Å²) in [6.45, 7) is 6.33. The number of thioether (sulfide) groups is 1. The zero-order chi connectivity index (χ0) is 20.6. The summed E-state index contributed by atoms with van der Waals surface area (Å²) in [6.07, 6.45) is 1.78. The number of aromatic nitrogens is 3. The Kier molecular flexibility index (Phi) is 7.08. The van der Waals surface area contributed by atoms with Crippen LogP contribution in [0, 0.1) is 0 Å². The molecular formula is C22H24N4O2S. The van der Waals surface area contributed by atoms with E-state index in [9.17, 15) is 4.79 Å². The minimum absolute atomic E-state index is 0.0560. The van der Waals surface area contributed by atoms with Gasteiger partial charge < -0.3 is 10.1 Å². The Balaban J connectivity index is 1.72. The van der Waals surface area contributed by atoms with E-state index in [1.807, 2.05) is 66.1 Å². The number of benzene rings is 2. The summed E-state index contributed by atoms with van der Waals surface area (Å²) in [5.74, 6) is 1.59. The van der Waals surface area contributed by atoms with E-state index in [1.54, 1.807) is 13.2 Å². The fourth-order valence-corrected chi connectivity index (χ4v) is 3.71. The van der Waals surface area contributed by atoms with Crippen LogP contribution >= 0.6 is 11.8 Å². The molecule has 0 saturated carbocycles. The number of carbonyl (C=O) groups is 1. The van der Waals surface area contributed by atoms with Crippen LogP contribution in [0.1, 0.15) is 18.5 Å². The molecule has 1 aromatic heterocycles. The number of para-hydroxylation sites is 1. The molecule has 0 spiro atoms. The average Bonchev–Trinajstić information content (AvgIpc) is 3.15. The Morgan fingerprint density at radius 2 is 1.93 bits per heavy atom. The van der Waals surface area contributed by atoms with Crippen LogP contribution in [0.25, 0.3) is 11.4 Å². The molecule has 150 valence electrons. The highest BCUT2D eigenvalue weighted by Crippen LogP contribution is 2.30. The van der Waals surface area contributed by atoms with Gasteiger partial charge in [-0.2, -0.15) is 0 Å². The number of methoxy groups -OCH3 is 1. The molecule has 3 aromatic rings. The molecule has 0 aliphatic heterocycles. The van der Waals surface area contributed by atoms with Gasteiger partial charge in [-0.15, -0.1) is 16.8 Å². The van der Waals surface area contributed by atoms with Crippen LogP contribution < -0.4 is 10.1 Å². The number of hydrogen-bond acceptors (Lipinski definition) is 5. The SMILES string of the molecule is C=CCn1c(SCC(=O)NC(C)c2ccccc2)nnc1-c1ccccc1OC. The minimum Gasteiger partial charge on any atom is -0.496 e. The van der Waals surface area contributed by atoms with Crippen molar-refractivity contribution in [2.45, 2.75) is 24.7 Å². The molecule has 0 bridgehead atoms. The number of rotatable bonds is 9. The van der Waals surface area contributed by atoms with Gasteiger partial charge in [0.05, 0.1) is 24.5 Å². The lowest BCUT2D eigenvalue weighted by molar-refractivity contribution is -0.119. The lowest BCUT2D eigenvalue weighted by atomic mass is 10.1. The van der Waals surface area contributed by atoms with E-state index in [4.69, 9.17) is 4.74 Å².